The lowest BCUT2D eigenvalue weighted by molar-refractivity contribution is -0.137. The van der Waals surface area contributed by atoms with Crippen molar-refractivity contribution in [3.63, 3.8) is 0 Å². The van der Waals surface area contributed by atoms with E-state index in [9.17, 15) is 19.2 Å². The zero-order chi connectivity index (χ0) is 49.1. The molecule has 7 atom stereocenters. The van der Waals surface area contributed by atoms with Crippen LogP contribution in [-0.4, -0.2) is 110 Å². The zero-order valence-corrected chi connectivity index (χ0v) is 41.3. The quantitative estimate of drug-likeness (QED) is 0.104. The summed E-state index contributed by atoms with van der Waals surface area (Å²) in [5.41, 5.74) is 4.86. The number of carbonyl (C=O) groups excluding carboxylic acids is 4. The molecule has 0 aliphatic carbocycles. The van der Waals surface area contributed by atoms with Crippen LogP contribution in [0.15, 0.2) is 72.8 Å². The molecule has 0 saturated carbocycles. The van der Waals surface area contributed by atoms with E-state index in [1.165, 1.54) is 6.07 Å². The van der Waals surface area contributed by atoms with Gasteiger partial charge in [0, 0.05) is 96.2 Å². The predicted octanol–water partition coefficient (Wildman–Crippen LogP) is 7.49. The fourth-order valence-electron chi connectivity index (χ4n) is 12.0. The van der Waals surface area contributed by atoms with Gasteiger partial charge < -0.3 is 35.2 Å². The molecule has 1 spiro atoms. The number of amides is 4. The van der Waals surface area contributed by atoms with Crippen molar-refractivity contribution < 1.29 is 33.0 Å². The maximum absolute atomic E-state index is 16.4. The lowest BCUT2D eigenvalue weighted by Crippen LogP contribution is -2.55. The number of imide groups is 1. The largest absolute Gasteiger partial charge is 0.494 e. The number of fused-ring (bicyclic) bond motifs is 3. The monoisotopic (exact) mass is 989 g/mol. The Morgan fingerprint density at radius 2 is 1.86 bits per heavy atom. The number of rotatable bonds is 8. The van der Waals surface area contributed by atoms with Crippen LogP contribution >= 0.6 is 23.2 Å². The molecule has 1 unspecified atom stereocenters. The van der Waals surface area contributed by atoms with E-state index in [0.29, 0.717) is 66.7 Å². The number of hydrogen-bond acceptors (Lipinski definition) is 10. The summed E-state index contributed by atoms with van der Waals surface area (Å²) in [6.45, 7) is 10.5. The summed E-state index contributed by atoms with van der Waals surface area (Å²) in [5, 5.41) is 13.5. The first-order valence-electron chi connectivity index (χ1n) is 24.2. The molecule has 6 aliphatic rings. The number of benzene rings is 4. The first-order chi connectivity index (χ1) is 33.6. The molecule has 4 saturated heterocycles. The van der Waals surface area contributed by atoms with Crippen LogP contribution < -0.4 is 30.9 Å². The number of methoxy groups -OCH3 is 1. The molecule has 0 aromatic heterocycles. The van der Waals surface area contributed by atoms with E-state index in [-0.39, 0.29) is 59.3 Å². The molecule has 4 fully saturated rings. The lowest BCUT2D eigenvalue weighted by atomic mass is 9.63. The SMILES string of the molecule is COc1cc(N2CCC[C@@H](N3CCOC[C@@H]3C#Cc3cccc4c3CN(C3CCC(=O)NC3=O)C4=O)C2)ccc1NC(=O)[C@@H]1N[C@@H](CC(C)(C)C)[C@@]2(CNc3cc(Cl)ccc32)[C@H]1c1cccc(Cl)c1F. The van der Waals surface area contributed by atoms with Crippen molar-refractivity contribution >= 4 is 63.9 Å². The Kier molecular flexibility index (Phi) is 13.1. The highest BCUT2D eigenvalue weighted by atomic mass is 35.5. The molecule has 13 nitrogen and oxygen atoms in total. The van der Waals surface area contributed by atoms with E-state index in [4.69, 9.17) is 32.7 Å². The number of halogens is 3. The molecule has 6 aliphatic heterocycles. The van der Waals surface area contributed by atoms with Crippen LogP contribution in [0.4, 0.5) is 21.5 Å². The van der Waals surface area contributed by atoms with Crippen molar-refractivity contribution in [3.05, 3.63) is 116 Å². The summed E-state index contributed by atoms with van der Waals surface area (Å²) in [4.78, 5) is 59.3. The second kappa shape index (κ2) is 19.1. The molecule has 4 N–H and O–H groups in total. The van der Waals surface area contributed by atoms with Gasteiger partial charge in [0.1, 0.15) is 17.6 Å². The second-order valence-electron chi connectivity index (χ2n) is 20.6. The Labute approximate surface area is 418 Å². The Morgan fingerprint density at radius 1 is 1.03 bits per heavy atom. The predicted molar refractivity (Wildman–Crippen MR) is 268 cm³/mol. The second-order valence-corrected chi connectivity index (χ2v) is 21.5. The molecule has 4 aromatic carbocycles. The molecule has 10 rings (SSSR count). The number of carbonyl (C=O) groups is 4. The average molecular weight is 991 g/mol. The maximum atomic E-state index is 16.4. The molecule has 0 radical (unpaired) electrons. The van der Waals surface area contributed by atoms with Crippen molar-refractivity contribution in [1.29, 1.82) is 0 Å². The normalized spacial score (nSPS) is 26.6. The highest BCUT2D eigenvalue weighted by molar-refractivity contribution is 6.31. The van der Waals surface area contributed by atoms with Gasteiger partial charge in [-0.1, -0.05) is 80.1 Å². The van der Waals surface area contributed by atoms with Crippen molar-refractivity contribution in [3.8, 4) is 17.6 Å². The van der Waals surface area contributed by atoms with Gasteiger partial charge in [-0.05, 0) is 90.3 Å². The van der Waals surface area contributed by atoms with E-state index in [1.807, 2.05) is 48.5 Å². The van der Waals surface area contributed by atoms with Gasteiger partial charge in [-0.15, -0.1) is 0 Å². The average Bonchev–Trinajstić information content (AvgIpc) is 3.99. The minimum atomic E-state index is -0.849. The Balaban J connectivity index is 0.877. The van der Waals surface area contributed by atoms with E-state index in [1.54, 1.807) is 30.2 Å². The third kappa shape index (κ3) is 8.89. The topological polar surface area (TPSA) is 145 Å². The first kappa shape index (κ1) is 48.0. The molecule has 4 aromatic rings. The van der Waals surface area contributed by atoms with Crippen LogP contribution in [0.3, 0.4) is 0 Å². The standard InChI is InChI=1S/C54H58Cl2FN7O6/c1-53(2,3)26-45-54(30-58-42-24-32(55)14-17-39(42)54)47(37-11-6-12-40(56)48(37)57)49(60-45)51(67)59-41-18-16-33(25-44(41)69-4)62-21-7-9-34(27-62)63-22-23-70-29-35(63)15-13-31-8-5-10-36-38(31)28-64(52(36)68)43-19-20-46(65)61-50(43)66/h5-6,8,10-12,14,16-18,24-25,34-35,43,45,47,49,58,60H,7,9,19-23,26-30H2,1-4H3,(H,59,67)(H,61,65,66)/t34-,35+,43?,45+,47+,49-,54+/m1/s1. The summed E-state index contributed by atoms with van der Waals surface area (Å²) in [6.07, 6.45) is 3.11. The number of anilines is 3. The molecule has 16 heteroatoms. The Bertz CT molecular complexity index is 2830. The maximum Gasteiger partial charge on any atom is 0.255 e. The van der Waals surface area contributed by atoms with Crippen molar-refractivity contribution in [2.75, 3.05) is 62.0 Å². The van der Waals surface area contributed by atoms with E-state index in [0.717, 1.165) is 54.0 Å². The van der Waals surface area contributed by atoms with Gasteiger partial charge in [0.25, 0.3) is 5.91 Å². The molecule has 70 heavy (non-hydrogen) atoms. The smallest absolute Gasteiger partial charge is 0.255 e. The summed E-state index contributed by atoms with van der Waals surface area (Å²) in [6, 6.07) is 20.3. The highest BCUT2D eigenvalue weighted by Crippen LogP contribution is 2.57. The van der Waals surface area contributed by atoms with Crippen molar-refractivity contribution in [2.24, 2.45) is 5.41 Å². The van der Waals surface area contributed by atoms with E-state index < -0.39 is 35.1 Å². The van der Waals surface area contributed by atoms with Crippen LogP contribution in [0.5, 0.6) is 5.75 Å². The van der Waals surface area contributed by atoms with Gasteiger partial charge in [0.15, 0.2) is 0 Å². The number of nitrogens with one attached hydrogen (secondary N) is 4. The number of hydrogen-bond donors (Lipinski definition) is 4. The van der Waals surface area contributed by atoms with E-state index in [2.05, 4.69) is 63.7 Å². The highest BCUT2D eigenvalue weighted by Gasteiger charge is 2.61. The van der Waals surface area contributed by atoms with Crippen molar-refractivity contribution in [2.45, 2.75) is 101 Å². The molecular formula is C54H58Cl2FN7O6. The number of nitrogens with zero attached hydrogens (tertiary/aromatic N) is 3. The summed E-state index contributed by atoms with van der Waals surface area (Å²) in [7, 11) is 1.59. The van der Waals surface area contributed by atoms with Gasteiger partial charge >= 0.3 is 0 Å². The Morgan fingerprint density at radius 3 is 2.66 bits per heavy atom. The van der Waals surface area contributed by atoms with Crippen LogP contribution in [-0.2, 0) is 31.1 Å². The van der Waals surface area contributed by atoms with E-state index >= 15 is 4.39 Å². The third-order valence-electron chi connectivity index (χ3n) is 15.2. The Hall–Kier alpha value is -5.69. The summed E-state index contributed by atoms with van der Waals surface area (Å²) >= 11 is 13.0. The summed E-state index contributed by atoms with van der Waals surface area (Å²) < 4.78 is 28.4. The van der Waals surface area contributed by atoms with Crippen LogP contribution in [0.2, 0.25) is 10.0 Å². The first-order valence-corrected chi connectivity index (χ1v) is 25.0. The van der Waals surface area contributed by atoms with Crippen LogP contribution in [0, 0.1) is 23.1 Å². The minimum Gasteiger partial charge on any atom is -0.494 e. The van der Waals surface area contributed by atoms with Gasteiger partial charge in [-0.3, -0.25) is 29.4 Å². The van der Waals surface area contributed by atoms with Crippen LogP contribution in [0.25, 0.3) is 0 Å². The number of morpholine rings is 1. The van der Waals surface area contributed by atoms with Crippen LogP contribution in [0.1, 0.15) is 91.4 Å². The molecule has 0 bridgehead atoms. The molecule has 6 heterocycles. The molecule has 366 valence electrons. The molecular weight excluding hydrogens is 933 g/mol. The fourth-order valence-corrected chi connectivity index (χ4v) is 12.3. The van der Waals surface area contributed by atoms with Gasteiger partial charge in [0.05, 0.1) is 43.1 Å². The lowest BCUT2D eigenvalue weighted by Gasteiger charge is -2.44. The molecule has 4 amide bonds. The zero-order valence-electron chi connectivity index (χ0n) is 39.8. The van der Waals surface area contributed by atoms with Gasteiger partial charge in [-0.25, -0.2) is 4.39 Å². The number of ether oxygens (including phenoxy) is 2. The van der Waals surface area contributed by atoms with Crippen molar-refractivity contribution in [1.82, 2.24) is 20.4 Å². The fraction of sp³-hybridized carbons (Fsp3) is 0.444. The van der Waals surface area contributed by atoms with Gasteiger partial charge in [0.2, 0.25) is 17.7 Å². The van der Waals surface area contributed by atoms with Gasteiger partial charge in [-0.2, -0.15) is 0 Å². The number of piperidine rings is 2. The minimum absolute atomic E-state index is 0.00181. The third-order valence-corrected chi connectivity index (χ3v) is 15.7. The summed E-state index contributed by atoms with van der Waals surface area (Å²) in [5.74, 6) is 4.88.